The largest absolute Gasteiger partial charge is 0.461 e. The molecule has 6 nitrogen and oxygen atoms in total. The van der Waals surface area contributed by atoms with Gasteiger partial charge in [-0.2, -0.15) is 0 Å². The summed E-state index contributed by atoms with van der Waals surface area (Å²) in [6.45, 7) is 7.68. The number of H-pyrrole nitrogens is 1. The zero-order valence-corrected chi connectivity index (χ0v) is 14.1. The molecule has 0 aliphatic heterocycles. The number of ether oxygens (including phenoxy) is 1. The number of hydrogen-bond acceptors (Lipinski definition) is 4. The second-order valence-corrected chi connectivity index (χ2v) is 6.96. The Labute approximate surface area is 126 Å². The van der Waals surface area contributed by atoms with Gasteiger partial charge in [0.15, 0.2) is 0 Å². The minimum atomic E-state index is -3.61. The van der Waals surface area contributed by atoms with Crippen LogP contribution in [-0.4, -0.2) is 43.9 Å². The number of nitrogens with zero attached hydrogens (tertiary/aromatic N) is 1. The third-order valence-corrected chi connectivity index (χ3v) is 5.47. The number of carbonyl (C=O) groups is 1. The molecule has 21 heavy (non-hydrogen) atoms. The highest BCUT2D eigenvalue weighted by Crippen LogP contribution is 2.26. The zero-order chi connectivity index (χ0) is 16.2. The van der Waals surface area contributed by atoms with Crippen LogP contribution in [0.25, 0.3) is 0 Å². The maximum Gasteiger partial charge on any atom is 0.355 e. The van der Waals surface area contributed by atoms with Crippen LogP contribution < -0.4 is 0 Å². The van der Waals surface area contributed by atoms with Crippen LogP contribution in [0.1, 0.15) is 48.4 Å². The molecule has 1 heterocycles. The Morgan fingerprint density at radius 2 is 1.90 bits per heavy atom. The smallest absolute Gasteiger partial charge is 0.355 e. The van der Waals surface area contributed by atoms with Crippen molar-refractivity contribution in [3.63, 3.8) is 0 Å². The van der Waals surface area contributed by atoms with Crippen LogP contribution in [0.4, 0.5) is 0 Å². The van der Waals surface area contributed by atoms with Crippen molar-refractivity contribution in [1.29, 1.82) is 0 Å². The minimum Gasteiger partial charge on any atom is -0.461 e. The number of nitrogens with one attached hydrogen (secondary N) is 1. The van der Waals surface area contributed by atoms with Crippen LogP contribution >= 0.6 is 0 Å². The fraction of sp³-hybridized carbons (Fsp3) is 0.643. The van der Waals surface area contributed by atoms with Gasteiger partial charge in [-0.05, 0) is 27.2 Å². The normalized spacial score (nSPS) is 11.9. The van der Waals surface area contributed by atoms with E-state index in [1.807, 2.05) is 6.92 Å². The van der Waals surface area contributed by atoms with E-state index >= 15 is 0 Å². The van der Waals surface area contributed by atoms with E-state index in [0.29, 0.717) is 17.8 Å². The Morgan fingerprint density at radius 3 is 2.43 bits per heavy atom. The fourth-order valence-corrected chi connectivity index (χ4v) is 3.79. The van der Waals surface area contributed by atoms with Gasteiger partial charge in [0.2, 0.25) is 10.0 Å². The lowest BCUT2D eigenvalue weighted by Crippen LogP contribution is -2.28. The van der Waals surface area contributed by atoms with E-state index in [-0.39, 0.29) is 17.2 Å². The maximum absolute atomic E-state index is 12.6. The first-order valence-electron chi connectivity index (χ1n) is 7.09. The third-order valence-electron chi connectivity index (χ3n) is 3.34. The first-order chi connectivity index (χ1) is 9.77. The highest BCUT2D eigenvalue weighted by molar-refractivity contribution is 7.89. The molecule has 0 bridgehead atoms. The molecule has 0 saturated carbocycles. The second-order valence-electron chi connectivity index (χ2n) is 4.98. The monoisotopic (exact) mass is 316 g/mol. The van der Waals surface area contributed by atoms with Gasteiger partial charge < -0.3 is 9.72 Å². The second kappa shape index (κ2) is 7.09. The summed E-state index contributed by atoms with van der Waals surface area (Å²) in [6.07, 6.45) is 1.71. The lowest BCUT2D eigenvalue weighted by molar-refractivity contribution is 0.0519. The lowest BCUT2D eigenvalue weighted by atomic mass is 10.2. The van der Waals surface area contributed by atoms with Gasteiger partial charge in [-0.1, -0.05) is 13.3 Å². The predicted octanol–water partition coefficient (Wildman–Crippen LogP) is 2.23. The van der Waals surface area contributed by atoms with Crippen molar-refractivity contribution in [2.75, 3.05) is 20.2 Å². The first kappa shape index (κ1) is 17.7. The molecule has 0 aromatic carbocycles. The average molecular weight is 316 g/mol. The Hall–Kier alpha value is -1.34. The van der Waals surface area contributed by atoms with E-state index in [9.17, 15) is 13.2 Å². The van der Waals surface area contributed by atoms with Gasteiger partial charge in [-0.3, -0.25) is 0 Å². The van der Waals surface area contributed by atoms with Crippen molar-refractivity contribution < 1.29 is 17.9 Å². The van der Waals surface area contributed by atoms with E-state index in [2.05, 4.69) is 4.98 Å². The van der Waals surface area contributed by atoms with Gasteiger partial charge in [-0.15, -0.1) is 0 Å². The summed E-state index contributed by atoms with van der Waals surface area (Å²) in [4.78, 5) is 14.8. The number of esters is 1. The molecule has 0 aliphatic rings. The van der Waals surface area contributed by atoms with Crippen LogP contribution in [0.15, 0.2) is 4.90 Å². The van der Waals surface area contributed by atoms with Gasteiger partial charge in [0.25, 0.3) is 0 Å². The van der Waals surface area contributed by atoms with Crippen LogP contribution in [0.3, 0.4) is 0 Å². The molecule has 0 atom stereocenters. The first-order valence-corrected chi connectivity index (χ1v) is 8.53. The van der Waals surface area contributed by atoms with E-state index in [1.54, 1.807) is 27.8 Å². The number of carbonyl (C=O) groups excluding carboxylic acids is 1. The van der Waals surface area contributed by atoms with Crippen LogP contribution in [0, 0.1) is 13.8 Å². The van der Waals surface area contributed by atoms with E-state index in [0.717, 1.165) is 12.8 Å². The summed E-state index contributed by atoms with van der Waals surface area (Å²) in [5.41, 5.74) is 1.07. The third kappa shape index (κ3) is 3.65. The Balaban J connectivity index is 3.22. The summed E-state index contributed by atoms with van der Waals surface area (Å²) in [6, 6.07) is 0. The Kier molecular flexibility index (Phi) is 5.98. The average Bonchev–Trinajstić information content (AvgIpc) is 2.71. The maximum atomic E-state index is 12.6. The predicted molar refractivity (Wildman–Crippen MR) is 80.9 cm³/mol. The van der Waals surface area contributed by atoms with E-state index in [4.69, 9.17) is 4.74 Å². The molecular weight excluding hydrogens is 292 g/mol. The summed E-state index contributed by atoms with van der Waals surface area (Å²) in [5, 5.41) is 0. The lowest BCUT2D eigenvalue weighted by Gasteiger charge is -2.17. The topological polar surface area (TPSA) is 79.5 Å². The molecule has 0 fully saturated rings. The number of sulfonamides is 1. The Morgan fingerprint density at radius 1 is 1.29 bits per heavy atom. The molecular formula is C14H24N2O4S. The molecule has 0 saturated heterocycles. The molecule has 120 valence electrons. The van der Waals surface area contributed by atoms with Gasteiger partial charge in [0.05, 0.1) is 6.61 Å². The molecule has 0 radical (unpaired) electrons. The number of aryl methyl sites for hydroxylation is 1. The molecule has 7 heteroatoms. The molecule has 0 aliphatic carbocycles. The number of rotatable bonds is 7. The van der Waals surface area contributed by atoms with Crippen LogP contribution in [-0.2, 0) is 14.8 Å². The van der Waals surface area contributed by atoms with Gasteiger partial charge in [-0.25, -0.2) is 17.5 Å². The molecule has 1 rings (SSSR count). The minimum absolute atomic E-state index is 0.171. The van der Waals surface area contributed by atoms with Crippen molar-refractivity contribution in [2.45, 2.75) is 45.4 Å². The van der Waals surface area contributed by atoms with Gasteiger partial charge >= 0.3 is 5.97 Å². The highest BCUT2D eigenvalue weighted by Gasteiger charge is 2.29. The van der Waals surface area contributed by atoms with Crippen molar-refractivity contribution in [3.8, 4) is 0 Å². The van der Waals surface area contributed by atoms with Crippen molar-refractivity contribution in [3.05, 3.63) is 17.0 Å². The molecule has 1 aromatic rings. The number of aromatic amines is 1. The summed E-state index contributed by atoms with van der Waals surface area (Å²) in [7, 11) is -2.05. The van der Waals surface area contributed by atoms with Crippen LogP contribution in [0.2, 0.25) is 0 Å². The molecule has 0 unspecified atom stereocenters. The van der Waals surface area contributed by atoms with Crippen molar-refractivity contribution >= 4 is 16.0 Å². The molecule has 0 amide bonds. The summed E-state index contributed by atoms with van der Waals surface area (Å²) < 4.78 is 31.5. The van der Waals surface area contributed by atoms with Crippen molar-refractivity contribution in [1.82, 2.24) is 9.29 Å². The number of aromatic nitrogens is 1. The Bertz CT molecular complexity index is 605. The number of unbranched alkanes of at least 4 members (excludes halogenated alkanes) is 1. The zero-order valence-electron chi connectivity index (χ0n) is 13.3. The SMILES string of the molecule is CCCCN(C)S(=O)(=O)c1c(C)[nH]c(C(=O)OCC)c1C. The molecule has 1 aromatic heterocycles. The quantitative estimate of drug-likeness (QED) is 0.782. The fourth-order valence-electron chi connectivity index (χ4n) is 2.18. The number of hydrogen-bond donors (Lipinski definition) is 1. The summed E-state index contributed by atoms with van der Waals surface area (Å²) >= 11 is 0. The molecule has 1 N–H and O–H groups in total. The van der Waals surface area contributed by atoms with E-state index < -0.39 is 16.0 Å². The van der Waals surface area contributed by atoms with Gasteiger partial charge in [0.1, 0.15) is 10.6 Å². The summed E-state index contributed by atoms with van der Waals surface area (Å²) in [5.74, 6) is -0.532. The van der Waals surface area contributed by atoms with Crippen LogP contribution in [0.5, 0.6) is 0 Å². The van der Waals surface area contributed by atoms with Crippen molar-refractivity contribution in [2.24, 2.45) is 0 Å². The molecule has 0 spiro atoms. The standard InChI is InChI=1S/C14H24N2O4S/c1-6-8-9-16(5)21(18,19)13-10(3)12(15-11(13)4)14(17)20-7-2/h15H,6-9H2,1-5H3. The highest BCUT2D eigenvalue weighted by atomic mass is 32.2. The van der Waals surface area contributed by atoms with E-state index in [1.165, 1.54) is 4.31 Å². The van der Waals surface area contributed by atoms with Gasteiger partial charge in [0, 0.05) is 24.8 Å².